The zero-order valence-electron chi connectivity index (χ0n) is 11.5. The van der Waals surface area contributed by atoms with E-state index in [1.807, 2.05) is 30.5 Å². The topological polar surface area (TPSA) is 78.9 Å². The van der Waals surface area contributed by atoms with E-state index in [1.54, 1.807) is 16.7 Å². The minimum absolute atomic E-state index is 0.0498. The average molecular weight is 293 g/mol. The van der Waals surface area contributed by atoms with Gasteiger partial charge in [-0.25, -0.2) is 0 Å². The molecular formula is C14H19N3O2S. The smallest absolute Gasteiger partial charge is 0.255 e. The van der Waals surface area contributed by atoms with E-state index in [9.17, 15) is 4.79 Å². The van der Waals surface area contributed by atoms with Crippen molar-refractivity contribution in [3.05, 3.63) is 29.8 Å². The van der Waals surface area contributed by atoms with E-state index in [0.717, 1.165) is 24.2 Å². The monoisotopic (exact) mass is 293 g/mol. The van der Waals surface area contributed by atoms with E-state index in [4.69, 9.17) is 10.9 Å². The lowest BCUT2D eigenvalue weighted by Gasteiger charge is -2.35. The number of likely N-dealkylation sites (tertiary alicyclic amines) is 1. The molecule has 1 heterocycles. The molecule has 0 aliphatic carbocycles. The zero-order chi connectivity index (χ0) is 14.5. The maximum absolute atomic E-state index is 12.7. The molecule has 5 nitrogen and oxygen atoms in total. The summed E-state index contributed by atoms with van der Waals surface area (Å²) in [7, 11) is 0. The summed E-state index contributed by atoms with van der Waals surface area (Å²) in [4.78, 5) is 15.4. The van der Waals surface area contributed by atoms with Crippen LogP contribution in [0, 0.1) is 0 Å². The third-order valence-electron chi connectivity index (χ3n) is 3.56. The molecule has 0 bridgehead atoms. The molecular weight excluding hydrogens is 274 g/mol. The van der Waals surface area contributed by atoms with Crippen LogP contribution < -0.4 is 5.73 Å². The first-order valence-corrected chi connectivity index (χ1v) is 7.83. The van der Waals surface area contributed by atoms with Gasteiger partial charge in [0, 0.05) is 11.4 Å². The highest BCUT2D eigenvalue weighted by atomic mass is 32.2. The van der Waals surface area contributed by atoms with Crippen molar-refractivity contribution in [2.45, 2.75) is 30.2 Å². The Hall–Kier alpha value is -1.69. The van der Waals surface area contributed by atoms with Crippen LogP contribution in [0.5, 0.6) is 0 Å². The van der Waals surface area contributed by atoms with Crippen molar-refractivity contribution < 1.29 is 10.0 Å². The quantitative estimate of drug-likeness (QED) is 0.294. The highest BCUT2D eigenvalue weighted by molar-refractivity contribution is 7.98. The summed E-state index contributed by atoms with van der Waals surface area (Å²) in [5, 5.41) is 12.0. The van der Waals surface area contributed by atoms with Crippen LogP contribution in [0.25, 0.3) is 0 Å². The van der Waals surface area contributed by atoms with Gasteiger partial charge in [0.2, 0.25) is 0 Å². The number of oxime groups is 1. The normalized spacial score (nSPS) is 19.9. The van der Waals surface area contributed by atoms with Crippen molar-refractivity contribution in [2.75, 3.05) is 12.8 Å². The Morgan fingerprint density at radius 3 is 2.90 bits per heavy atom. The Kier molecular flexibility index (Phi) is 4.89. The molecule has 1 fully saturated rings. The van der Waals surface area contributed by atoms with Gasteiger partial charge in [0.25, 0.3) is 5.91 Å². The number of carbonyl (C=O) groups excluding carboxylic acids is 1. The van der Waals surface area contributed by atoms with Crippen molar-refractivity contribution in [1.82, 2.24) is 4.90 Å². The fraction of sp³-hybridized carbons (Fsp3) is 0.429. The van der Waals surface area contributed by atoms with Crippen molar-refractivity contribution >= 4 is 23.5 Å². The number of nitrogens with zero attached hydrogens (tertiary/aromatic N) is 2. The predicted octanol–water partition coefficient (Wildman–Crippen LogP) is 2.15. The first-order valence-electron chi connectivity index (χ1n) is 6.60. The molecule has 0 spiro atoms. The van der Waals surface area contributed by atoms with E-state index in [1.165, 1.54) is 0 Å². The number of amides is 1. The number of nitrogens with two attached hydrogens (primary N) is 1. The van der Waals surface area contributed by atoms with Crippen molar-refractivity contribution in [3.63, 3.8) is 0 Å². The molecule has 0 saturated carbocycles. The minimum atomic E-state index is -0.309. The summed E-state index contributed by atoms with van der Waals surface area (Å²) in [6.07, 6.45) is 4.61. The Bertz CT molecular complexity index is 519. The average Bonchev–Trinajstić information content (AvgIpc) is 2.53. The number of carbonyl (C=O) groups is 1. The lowest BCUT2D eigenvalue weighted by molar-refractivity contribution is 0.0673. The van der Waals surface area contributed by atoms with Crippen LogP contribution in [-0.2, 0) is 0 Å². The molecule has 6 heteroatoms. The Morgan fingerprint density at radius 1 is 1.45 bits per heavy atom. The van der Waals surface area contributed by atoms with Crippen molar-refractivity contribution in [1.29, 1.82) is 0 Å². The number of piperidine rings is 1. The van der Waals surface area contributed by atoms with Gasteiger partial charge in [-0.2, -0.15) is 0 Å². The zero-order valence-corrected chi connectivity index (χ0v) is 12.3. The van der Waals surface area contributed by atoms with Gasteiger partial charge in [-0.15, -0.1) is 11.8 Å². The summed E-state index contributed by atoms with van der Waals surface area (Å²) in [6, 6.07) is 7.22. The highest BCUT2D eigenvalue weighted by Gasteiger charge is 2.31. The Labute approximate surface area is 122 Å². The second-order valence-corrected chi connectivity index (χ2v) is 5.58. The molecule has 1 unspecified atom stereocenters. The Balaban J connectivity index is 2.30. The van der Waals surface area contributed by atoms with E-state index in [0.29, 0.717) is 12.1 Å². The number of amidine groups is 1. The summed E-state index contributed by atoms with van der Waals surface area (Å²) in [5.41, 5.74) is 6.40. The first kappa shape index (κ1) is 14.7. The van der Waals surface area contributed by atoms with Crippen LogP contribution in [-0.4, -0.2) is 40.7 Å². The molecule has 2 rings (SSSR count). The van der Waals surface area contributed by atoms with Crippen molar-refractivity contribution in [3.8, 4) is 0 Å². The van der Waals surface area contributed by atoms with Gasteiger partial charge < -0.3 is 15.8 Å². The molecule has 0 radical (unpaired) electrons. The third kappa shape index (κ3) is 2.90. The van der Waals surface area contributed by atoms with E-state index in [2.05, 4.69) is 5.16 Å². The number of thioether (sulfide) groups is 1. The maximum Gasteiger partial charge on any atom is 0.255 e. The van der Waals surface area contributed by atoms with Gasteiger partial charge in [-0.3, -0.25) is 4.79 Å². The SMILES string of the molecule is CSc1ccccc1C(=O)N1CCCCC1C(N)=NO. The van der Waals surface area contributed by atoms with Gasteiger partial charge in [-0.1, -0.05) is 17.3 Å². The van der Waals surface area contributed by atoms with Crippen LogP contribution in [0.3, 0.4) is 0 Å². The number of hydrogen-bond acceptors (Lipinski definition) is 4. The van der Waals surface area contributed by atoms with E-state index < -0.39 is 0 Å². The number of hydrogen-bond donors (Lipinski definition) is 2. The third-order valence-corrected chi connectivity index (χ3v) is 4.35. The first-order chi connectivity index (χ1) is 9.69. The summed E-state index contributed by atoms with van der Waals surface area (Å²) >= 11 is 1.54. The molecule has 1 aliphatic heterocycles. The van der Waals surface area contributed by atoms with Crippen LogP contribution >= 0.6 is 11.8 Å². The summed E-state index contributed by atoms with van der Waals surface area (Å²) in [5.74, 6) is 0.0610. The molecule has 1 aromatic rings. The molecule has 1 aromatic carbocycles. The van der Waals surface area contributed by atoms with Gasteiger partial charge in [0.15, 0.2) is 5.84 Å². The molecule has 1 atom stereocenters. The fourth-order valence-electron chi connectivity index (χ4n) is 2.52. The van der Waals surface area contributed by atoms with Crippen LogP contribution in [0.2, 0.25) is 0 Å². The second kappa shape index (κ2) is 6.65. The maximum atomic E-state index is 12.7. The molecule has 1 saturated heterocycles. The van der Waals surface area contributed by atoms with E-state index >= 15 is 0 Å². The molecule has 3 N–H and O–H groups in total. The summed E-state index contributed by atoms with van der Waals surface area (Å²) < 4.78 is 0. The van der Waals surface area contributed by atoms with E-state index in [-0.39, 0.29) is 17.8 Å². The van der Waals surface area contributed by atoms with Gasteiger partial charge >= 0.3 is 0 Å². The molecule has 108 valence electrons. The van der Waals surface area contributed by atoms with Crippen LogP contribution in [0.15, 0.2) is 34.3 Å². The fourth-order valence-corrected chi connectivity index (χ4v) is 3.11. The molecule has 1 aliphatic rings. The second-order valence-electron chi connectivity index (χ2n) is 4.74. The van der Waals surface area contributed by atoms with Crippen LogP contribution in [0.1, 0.15) is 29.6 Å². The standard InChI is InChI=1S/C14H19N3O2S/c1-20-12-8-3-2-6-10(12)14(18)17-9-5-4-7-11(17)13(15)16-19/h2-3,6,8,11,19H,4-5,7,9H2,1H3,(H2,15,16). The van der Waals surface area contributed by atoms with Crippen molar-refractivity contribution in [2.24, 2.45) is 10.9 Å². The minimum Gasteiger partial charge on any atom is -0.409 e. The Morgan fingerprint density at radius 2 is 2.20 bits per heavy atom. The number of rotatable bonds is 3. The molecule has 1 amide bonds. The lowest BCUT2D eigenvalue weighted by atomic mass is 10.00. The predicted molar refractivity (Wildman–Crippen MR) is 80.3 cm³/mol. The highest BCUT2D eigenvalue weighted by Crippen LogP contribution is 2.25. The molecule has 0 aromatic heterocycles. The van der Waals surface area contributed by atoms with Crippen LogP contribution in [0.4, 0.5) is 0 Å². The summed E-state index contributed by atoms with van der Waals surface area (Å²) in [6.45, 7) is 0.641. The molecule has 20 heavy (non-hydrogen) atoms. The van der Waals surface area contributed by atoms with Gasteiger partial charge in [-0.05, 0) is 37.7 Å². The van der Waals surface area contributed by atoms with Gasteiger partial charge in [0.05, 0.1) is 11.6 Å². The lowest BCUT2D eigenvalue weighted by Crippen LogP contribution is -2.50. The number of benzene rings is 1. The van der Waals surface area contributed by atoms with Gasteiger partial charge in [0.1, 0.15) is 0 Å². The largest absolute Gasteiger partial charge is 0.409 e.